The average Bonchev–Trinajstić information content (AvgIpc) is 2.54. The summed E-state index contributed by atoms with van der Waals surface area (Å²) in [6.07, 6.45) is -4.99. The van der Waals surface area contributed by atoms with Crippen LogP contribution in [0.4, 0.5) is 28.9 Å². The minimum atomic E-state index is -4.99. The molecule has 0 aliphatic rings. The van der Waals surface area contributed by atoms with Crippen LogP contribution >= 0.6 is 0 Å². The second kappa shape index (κ2) is 7.86. The number of hydrogen-bond acceptors (Lipinski definition) is 4. The van der Waals surface area contributed by atoms with Crippen LogP contribution in [0.2, 0.25) is 0 Å². The molecule has 2 N–H and O–H groups in total. The van der Waals surface area contributed by atoms with Crippen LogP contribution in [-0.2, 0) is 16.6 Å². The second-order valence-electron chi connectivity index (χ2n) is 6.96. The summed E-state index contributed by atoms with van der Waals surface area (Å²) in [6.45, 7) is 4.95. The molecule has 0 saturated heterocycles. The maximum absolute atomic E-state index is 13.4. The highest BCUT2D eigenvalue weighted by Gasteiger charge is 2.32. The van der Waals surface area contributed by atoms with Crippen LogP contribution in [0.15, 0.2) is 42.5 Å². The lowest BCUT2D eigenvalue weighted by atomic mass is 10.2. The molecule has 5 nitrogen and oxygen atoms in total. The molecule has 28 heavy (non-hydrogen) atoms. The predicted octanol–water partition coefficient (Wildman–Crippen LogP) is 4.88. The van der Waals surface area contributed by atoms with Gasteiger partial charge >= 0.3 is 6.36 Å². The first-order valence-corrected chi connectivity index (χ1v) is 9.66. The SMILES string of the molecule is CC(C)(C)S(=O)(=O)Nc1ccc(CNc2ccc(F)c(OC(F)(F)F)c2)cc1. The van der Waals surface area contributed by atoms with E-state index in [2.05, 4.69) is 14.8 Å². The summed E-state index contributed by atoms with van der Waals surface area (Å²) in [5.41, 5.74) is 1.36. The quantitative estimate of drug-likeness (QED) is 0.654. The monoisotopic (exact) mass is 420 g/mol. The molecule has 2 rings (SSSR count). The molecule has 10 heteroatoms. The normalized spacial score (nSPS) is 12.5. The molecule has 0 radical (unpaired) electrons. The molecule has 0 aromatic heterocycles. The van der Waals surface area contributed by atoms with E-state index in [-0.39, 0.29) is 12.2 Å². The van der Waals surface area contributed by atoms with Crippen LogP contribution in [-0.4, -0.2) is 19.5 Å². The van der Waals surface area contributed by atoms with Crippen molar-refractivity contribution in [2.45, 2.75) is 38.4 Å². The summed E-state index contributed by atoms with van der Waals surface area (Å²) in [7, 11) is -3.55. The molecule has 0 atom stereocenters. The van der Waals surface area contributed by atoms with Gasteiger partial charge in [-0.1, -0.05) is 12.1 Å². The van der Waals surface area contributed by atoms with Gasteiger partial charge in [0.2, 0.25) is 10.0 Å². The third-order valence-corrected chi connectivity index (χ3v) is 5.78. The Hall–Kier alpha value is -2.49. The van der Waals surface area contributed by atoms with Gasteiger partial charge in [0.05, 0.1) is 4.75 Å². The first kappa shape index (κ1) is 21.8. The summed E-state index contributed by atoms with van der Waals surface area (Å²) < 4.78 is 79.7. The molecule has 0 saturated carbocycles. The molecular formula is C18H20F4N2O3S. The maximum atomic E-state index is 13.4. The zero-order valence-electron chi connectivity index (χ0n) is 15.4. The standard InChI is InChI=1S/C18H20F4N2O3S/c1-17(2,3)28(25,26)24-13-6-4-12(5-7-13)11-23-14-8-9-15(19)16(10-14)27-18(20,21)22/h4-10,23-24H,11H2,1-3H3. The van der Waals surface area contributed by atoms with Gasteiger partial charge in [0.15, 0.2) is 11.6 Å². The fourth-order valence-corrected chi connectivity index (χ4v) is 2.77. The van der Waals surface area contributed by atoms with Gasteiger partial charge in [0.1, 0.15) is 0 Å². The van der Waals surface area contributed by atoms with Crippen LogP contribution in [0, 0.1) is 5.82 Å². The van der Waals surface area contributed by atoms with Gasteiger partial charge in [-0.25, -0.2) is 12.8 Å². The number of sulfonamides is 1. The van der Waals surface area contributed by atoms with Crippen molar-refractivity contribution in [3.63, 3.8) is 0 Å². The molecule has 2 aromatic rings. The number of hydrogen-bond donors (Lipinski definition) is 2. The van der Waals surface area contributed by atoms with Crippen molar-refractivity contribution in [3.8, 4) is 5.75 Å². The Bertz CT molecular complexity index is 921. The van der Waals surface area contributed by atoms with Crippen LogP contribution in [0.25, 0.3) is 0 Å². The molecule has 0 amide bonds. The number of nitrogens with one attached hydrogen (secondary N) is 2. The van der Waals surface area contributed by atoms with E-state index in [1.165, 1.54) is 6.07 Å². The Balaban J connectivity index is 2.03. The lowest BCUT2D eigenvalue weighted by molar-refractivity contribution is -0.275. The number of alkyl halides is 3. The largest absolute Gasteiger partial charge is 0.573 e. The lowest BCUT2D eigenvalue weighted by Gasteiger charge is -2.20. The maximum Gasteiger partial charge on any atom is 0.573 e. The molecule has 0 bridgehead atoms. The number of ether oxygens (including phenoxy) is 1. The number of benzene rings is 2. The van der Waals surface area contributed by atoms with Crippen LogP contribution in [0.3, 0.4) is 0 Å². The highest BCUT2D eigenvalue weighted by Crippen LogP contribution is 2.28. The Morgan fingerprint density at radius 1 is 0.964 bits per heavy atom. The lowest BCUT2D eigenvalue weighted by Crippen LogP contribution is -2.33. The Morgan fingerprint density at radius 2 is 1.54 bits per heavy atom. The molecule has 0 spiro atoms. The minimum Gasteiger partial charge on any atom is -0.403 e. The summed E-state index contributed by atoms with van der Waals surface area (Å²) in [5, 5.41) is 2.85. The Labute approximate surface area is 160 Å². The van der Waals surface area contributed by atoms with Crippen molar-refractivity contribution in [2.75, 3.05) is 10.0 Å². The Morgan fingerprint density at radius 3 is 2.07 bits per heavy atom. The van der Waals surface area contributed by atoms with Crippen molar-refractivity contribution in [1.82, 2.24) is 0 Å². The topological polar surface area (TPSA) is 67.4 Å². The van der Waals surface area contributed by atoms with E-state index in [1.54, 1.807) is 45.0 Å². The molecule has 0 aliphatic heterocycles. The zero-order valence-corrected chi connectivity index (χ0v) is 16.2. The first-order chi connectivity index (χ1) is 12.8. The van der Waals surface area contributed by atoms with Gasteiger partial charge in [-0.15, -0.1) is 13.2 Å². The van der Waals surface area contributed by atoms with Crippen molar-refractivity contribution in [1.29, 1.82) is 0 Å². The van der Waals surface area contributed by atoms with Crippen molar-refractivity contribution >= 4 is 21.4 Å². The fourth-order valence-electron chi connectivity index (χ4n) is 2.02. The van der Waals surface area contributed by atoms with Crippen LogP contribution < -0.4 is 14.8 Å². The Kier molecular flexibility index (Phi) is 6.12. The molecule has 2 aromatic carbocycles. The third-order valence-electron chi connectivity index (χ3n) is 3.67. The van der Waals surface area contributed by atoms with E-state index in [0.29, 0.717) is 5.69 Å². The zero-order chi connectivity index (χ0) is 21.2. The second-order valence-corrected chi connectivity index (χ2v) is 9.40. The highest BCUT2D eigenvalue weighted by molar-refractivity contribution is 7.94. The van der Waals surface area contributed by atoms with Gasteiger partial charge in [-0.2, -0.15) is 0 Å². The van der Waals surface area contributed by atoms with Gasteiger partial charge in [0, 0.05) is 24.0 Å². The first-order valence-electron chi connectivity index (χ1n) is 8.17. The molecule has 0 aliphatic carbocycles. The number of halogens is 4. The minimum absolute atomic E-state index is 0.226. The van der Waals surface area contributed by atoms with E-state index in [0.717, 1.165) is 17.7 Å². The smallest absolute Gasteiger partial charge is 0.403 e. The van der Waals surface area contributed by atoms with Crippen molar-refractivity contribution < 1.29 is 30.7 Å². The average molecular weight is 420 g/mol. The molecule has 0 unspecified atom stereocenters. The van der Waals surface area contributed by atoms with Crippen LogP contribution in [0.5, 0.6) is 5.75 Å². The predicted molar refractivity (Wildman–Crippen MR) is 99.1 cm³/mol. The van der Waals surface area contributed by atoms with Crippen molar-refractivity contribution in [3.05, 3.63) is 53.8 Å². The number of anilines is 2. The highest BCUT2D eigenvalue weighted by atomic mass is 32.2. The summed E-state index contributed by atoms with van der Waals surface area (Å²) in [6, 6.07) is 9.52. The summed E-state index contributed by atoms with van der Waals surface area (Å²) >= 11 is 0. The third kappa shape index (κ3) is 6.01. The molecular weight excluding hydrogens is 400 g/mol. The van der Waals surface area contributed by atoms with Crippen molar-refractivity contribution in [2.24, 2.45) is 0 Å². The van der Waals surface area contributed by atoms with Crippen LogP contribution in [0.1, 0.15) is 26.3 Å². The molecule has 154 valence electrons. The van der Waals surface area contributed by atoms with Gasteiger partial charge in [0.25, 0.3) is 0 Å². The summed E-state index contributed by atoms with van der Waals surface area (Å²) in [5.74, 6) is -2.05. The van der Waals surface area contributed by atoms with Gasteiger partial charge < -0.3 is 10.1 Å². The molecule has 0 heterocycles. The van der Waals surface area contributed by atoms with E-state index >= 15 is 0 Å². The van der Waals surface area contributed by atoms with Gasteiger partial charge in [-0.3, -0.25) is 4.72 Å². The van der Waals surface area contributed by atoms with E-state index in [9.17, 15) is 26.0 Å². The fraction of sp³-hybridized carbons (Fsp3) is 0.333. The van der Waals surface area contributed by atoms with E-state index in [1.807, 2.05) is 0 Å². The summed E-state index contributed by atoms with van der Waals surface area (Å²) in [4.78, 5) is 0. The van der Waals surface area contributed by atoms with E-state index < -0.39 is 32.7 Å². The van der Waals surface area contributed by atoms with E-state index in [4.69, 9.17) is 0 Å². The van der Waals surface area contributed by atoms with Gasteiger partial charge in [-0.05, 0) is 50.6 Å². The number of rotatable bonds is 6. The molecule has 0 fully saturated rings.